The minimum Gasteiger partial charge on any atom is -0.254 e. The van der Waals surface area contributed by atoms with Crippen LogP contribution in [-0.4, -0.2) is 15.5 Å². The Hall–Kier alpha value is -0.760. The monoisotopic (exact) mass is 364 g/mol. The van der Waals surface area contributed by atoms with Crippen molar-refractivity contribution < 1.29 is 8.42 Å². The normalized spacial score (nSPS) is 19.1. The molecule has 0 aliphatic carbocycles. The number of para-hydroxylation sites is 2. The highest BCUT2D eigenvalue weighted by atomic mass is 127. The van der Waals surface area contributed by atoms with Gasteiger partial charge in [-0.05, 0) is 48.6 Å². The topological polar surface area (TPSA) is 40.6 Å². The molecule has 17 heavy (non-hydrogen) atoms. The van der Waals surface area contributed by atoms with Crippen LogP contribution in [0.4, 0.5) is 11.4 Å². The Morgan fingerprint density at radius 2 is 1.71 bits per heavy atom. The first kappa shape index (κ1) is 12.7. The smallest absolute Gasteiger partial charge is 0.254 e. The number of anilines is 2. The first-order valence-electron chi connectivity index (χ1n) is 5.08. The second-order valence-corrected chi connectivity index (χ2v) is 7.27. The summed E-state index contributed by atoms with van der Waals surface area (Å²) in [4.78, 5) is 0. The van der Waals surface area contributed by atoms with Crippen molar-refractivity contribution in [1.82, 2.24) is 0 Å². The highest BCUT2D eigenvalue weighted by Crippen LogP contribution is 2.42. The molecule has 0 bridgehead atoms. The summed E-state index contributed by atoms with van der Waals surface area (Å²) in [5.74, 6) is 0. The summed E-state index contributed by atoms with van der Waals surface area (Å²) >= 11 is 2.14. The number of fused-ring (bicyclic) bond motifs is 1. The first-order valence-corrected chi connectivity index (χ1v) is 7.56. The molecule has 0 radical (unpaired) electrons. The molecule has 6 heteroatoms. The SMILES string of the molecule is C/C(I)=C(\C)N1c2ccccc2N(C)S1(=O)=O. The lowest BCUT2D eigenvalue weighted by Crippen LogP contribution is -2.34. The highest BCUT2D eigenvalue weighted by Gasteiger charge is 2.38. The van der Waals surface area contributed by atoms with Crippen LogP contribution in [0.15, 0.2) is 33.5 Å². The minimum atomic E-state index is -3.47. The average Bonchev–Trinajstić information content (AvgIpc) is 2.47. The van der Waals surface area contributed by atoms with E-state index in [9.17, 15) is 8.42 Å². The third-order valence-corrected chi connectivity index (χ3v) is 5.42. The number of nitrogens with zero attached hydrogens (tertiary/aromatic N) is 2. The number of allylic oxidation sites excluding steroid dienone is 2. The van der Waals surface area contributed by atoms with E-state index in [1.54, 1.807) is 7.05 Å². The van der Waals surface area contributed by atoms with E-state index in [2.05, 4.69) is 22.6 Å². The molecule has 1 aliphatic rings. The van der Waals surface area contributed by atoms with Gasteiger partial charge < -0.3 is 0 Å². The molecule has 0 saturated carbocycles. The van der Waals surface area contributed by atoms with Crippen LogP contribution in [0.25, 0.3) is 0 Å². The van der Waals surface area contributed by atoms with E-state index in [4.69, 9.17) is 0 Å². The second kappa shape index (κ2) is 4.16. The van der Waals surface area contributed by atoms with Gasteiger partial charge in [-0.2, -0.15) is 8.42 Å². The van der Waals surface area contributed by atoms with Gasteiger partial charge in [-0.3, -0.25) is 4.31 Å². The van der Waals surface area contributed by atoms with E-state index < -0.39 is 10.2 Å². The Balaban J connectivity index is 2.72. The van der Waals surface area contributed by atoms with Crippen molar-refractivity contribution in [2.24, 2.45) is 0 Å². The Bertz CT molecular complexity index is 591. The average molecular weight is 364 g/mol. The fourth-order valence-corrected chi connectivity index (χ4v) is 3.71. The number of rotatable bonds is 1. The fourth-order valence-electron chi connectivity index (χ4n) is 1.77. The van der Waals surface area contributed by atoms with Crippen LogP contribution in [0, 0.1) is 0 Å². The van der Waals surface area contributed by atoms with Crippen LogP contribution in [0.5, 0.6) is 0 Å². The molecule has 4 nitrogen and oxygen atoms in total. The maximum absolute atomic E-state index is 12.3. The number of hydrogen-bond donors (Lipinski definition) is 0. The predicted molar refractivity (Wildman–Crippen MR) is 78.6 cm³/mol. The van der Waals surface area contributed by atoms with Gasteiger partial charge in [-0.1, -0.05) is 12.1 Å². The molecule has 2 rings (SSSR count). The molecule has 0 atom stereocenters. The summed E-state index contributed by atoms with van der Waals surface area (Å²) in [6, 6.07) is 7.31. The number of halogens is 1. The summed E-state index contributed by atoms with van der Waals surface area (Å²) in [6.07, 6.45) is 0. The summed E-state index contributed by atoms with van der Waals surface area (Å²) < 4.78 is 28.3. The molecule has 1 aromatic rings. The fraction of sp³-hybridized carbons (Fsp3) is 0.273. The van der Waals surface area contributed by atoms with E-state index in [0.29, 0.717) is 11.4 Å². The van der Waals surface area contributed by atoms with Crippen molar-refractivity contribution in [3.8, 4) is 0 Å². The second-order valence-electron chi connectivity index (χ2n) is 3.85. The van der Waals surface area contributed by atoms with Gasteiger partial charge in [-0.15, -0.1) is 0 Å². The van der Waals surface area contributed by atoms with Crippen molar-refractivity contribution in [1.29, 1.82) is 0 Å². The predicted octanol–water partition coefficient (Wildman–Crippen LogP) is 2.87. The quantitative estimate of drug-likeness (QED) is 0.719. The van der Waals surface area contributed by atoms with Crippen molar-refractivity contribution in [3.05, 3.63) is 33.5 Å². The van der Waals surface area contributed by atoms with Gasteiger partial charge in [-0.25, -0.2) is 4.31 Å². The van der Waals surface area contributed by atoms with Crippen molar-refractivity contribution in [2.45, 2.75) is 13.8 Å². The Morgan fingerprint density at radius 1 is 1.18 bits per heavy atom. The lowest BCUT2D eigenvalue weighted by atomic mass is 10.2. The van der Waals surface area contributed by atoms with Gasteiger partial charge in [0.2, 0.25) is 0 Å². The molecule has 0 fully saturated rings. The molecule has 0 amide bonds. The standard InChI is InChI=1S/C11H13IN2O2S/c1-8(12)9(2)14-11-7-5-4-6-10(11)13(3)17(14,15)16/h4-7H,1-3H3/b9-8-. The van der Waals surface area contributed by atoms with E-state index in [-0.39, 0.29) is 0 Å². The largest absolute Gasteiger partial charge is 0.330 e. The van der Waals surface area contributed by atoms with E-state index in [1.807, 2.05) is 38.1 Å². The zero-order chi connectivity index (χ0) is 12.8. The molecule has 0 spiro atoms. The molecule has 0 unspecified atom stereocenters. The van der Waals surface area contributed by atoms with Crippen LogP contribution in [0.1, 0.15) is 13.8 Å². The molecule has 0 aromatic heterocycles. The summed E-state index contributed by atoms with van der Waals surface area (Å²) in [7, 11) is -1.89. The minimum absolute atomic E-state index is 0.712. The van der Waals surface area contributed by atoms with Crippen molar-refractivity contribution in [2.75, 3.05) is 15.7 Å². The first-order chi connectivity index (χ1) is 7.87. The van der Waals surface area contributed by atoms with Crippen LogP contribution < -0.4 is 8.61 Å². The van der Waals surface area contributed by atoms with Gasteiger partial charge in [0.05, 0.1) is 11.4 Å². The van der Waals surface area contributed by atoms with Gasteiger partial charge in [0.25, 0.3) is 0 Å². The van der Waals surface area contributed by atoms with Gasteiger partial charge in [0.1, 0.15) is 0 Å². The zero-order valence-electron chi connectivity index (χ0n) is 9.81. The summed E-state index contributed by atoms with van der Waals surface area (Å²) in [5.41, 5.74) is 2.16. The highest BCUT2D eigenvalue weighted by molar-refractivity contribution is 14.1. The molecule has 1 aliphatic heterocycles. The van der Waals surface area contributed by atoms with Crippen molar-refractivity contribution >= 4 is 44.2 Å². The van der Waals surface area contributed by atoms with Gasteiger partial charge in [0.15, 0.2) is 0 Å². The zero-order valence-corrected chi connectivity index (χ0v) is 12.8. The number of hydrogen-bond acceptors (Lipinski definition) is 2. The summed E-state index contributed by atoms with van der Waals surface area (Å²) in [6.45, 7) is 3.71. The van der Waals surface area contributed by atoms with E-state index in [0.717, 1.165) is 9.28 Å². The third-order valence-electron chi connectivity index (χ3n) is 2.82. The van der Waals surface area contributed by atoms with E-state index >= 15 is 0 Å². The lowest BCUT2D eigenvalue weighted by molar-refractivity contribution is 0.595. The molecule has 0 N–H and O–H groups in total. The molecule has 1 aromatic carbocycles. The van der Waals surface area contributed by atoms with Gasteiger partial charge in [0, 0.05) is 16.3 Å². The molecule has 92 valence electrons. The van der Waals surface area contributed by atoms with Crippen LogP contribution in [-0.2, 0) is 10.2 Å². The van der Waals surface area contributed by atoms with Crippen molar-refractivity contribution in [3.63, 3.8) is 0 Å². The molecular weight excluding hydrogens is 351 g/mol. The Labute approximate surface area is 115 Å². The van der Waals surface area contributed by atoms with Gasteiger partial charge >= 0.3 is 10.2 Å². The maximum atomic E-state index is 12.3. The third kappa shape index (κ3) is 1.83. The summed E-state index contributed by atoms with van der Waals surface area (Å²) in [5, 5.41) is 0. The Morgan fingerprint density at radius 3 is 2.24 bits per heavy atom. The molecule has 1 heterocycles. The molecular formula is C11H13IN2O2S. The van der Waals surface area contributed by atoms with Crippen LogP contribution >= 0.6 is 22.6 Å². The maximum Gasteiger partial charge on any atom is 0.330 e. The Kier molecular flexibility index (Phi) is 3.11. The molecule has 0 saturated heterocycles. The van der Waals surface area contributed by atoms with Crippen LogP contribution in [0.2, 0.25) is 0 Å². The van der Waals surface area contributed by atoms with Crippen LogP contribution in [0.3, 0.4) is 0 Å². The number of benzene rings is 1. The lowest BCUT2D eigenvalue weighted by Gasteiger charge is -2.20. The van der Waals surface area contributed by atoms with E-state index in [1.165, 1.54) is 8.61 Å².